The third-order valence-electron chi connectivity index (χ3n) is 6.96. The monoisotopic (exact) mass is 394 g/mol. The van der Waals surface area contributed by atoms with Gasteiger partial charge in [-0.1, -0.05) is 18.2 Å². The van der Waals surface area contributed by atoms with Gasteiger partial charge < -0.3 is 10.2 Å². The van der Waals surface area contributed by atoms with Crippen LogP contribution in [-0.2, 0) is 6.42 Å². The van der Waals surface area contributed by atoms with Crippen LogP contribution in [0.2, 0.25) is 0 Å². The minimum Gasteiger partial charge on any atom is -0.339 e. The molecule has 1 amide bonds. The molecule has 1 saturated heterocycles. The lowest BCUT2D eigenvalue weighted by molar-refractivity contribution is 0.0773. The lowest BCUT2D eigenvalue weighted by atomic mass is 9.61. The summed E-state index contributed by atoms with van der Waals surface area (Å²) in [6, 6.07) is 13.4. The maximum atomic E-state index is 14.1. The summed E-state index contributed by atoms with van der Waals surface area (Å²) in [6.45, 7) is 7.54. The molecule has 4 heteroatoms. The van der Waals surface area contributed by atoms with Crippen LogP contribution in [-0.4, -0.2) is 37.0 Å². The fourth-order valence-electron chi connectivity index (χ4n) is 5.26. The van der Waals surface area contributed by atoms with Crippen LogP contribution in [0, 0.1) is 11.2 Å². The molecular formula is C25H31FN2O. The van der Waals surface area contributed by atoms with Crippen LogP contribution in [0.1, 0.15) is 66.1 Å². The van der Waals surface area contributed by atoms with Gasteiger partial charge in [-0.2, -0.15) is 0 Å². The maximum absolute atomic E-state index is 14.1. The number of benzene rings is 2. The molecule has 1 aliphatic carbocycles. The van der Waals surface area contributed by atoms with Gasteiger partial charge in [0.15, 0.2) is 0 Å². The smallest absolute Gasteiger partial charge is 0.253 e. The summed E-state index contributed by atoms with van der Waals surface area (Å²) in [5, 5.41) is 3.48. The number of amides is 1. The molecule has 1 N–H and O–H groups in total. The van der Waals surface area contributed by atoms with Gasteiger partial charge in [0.1, 0.15) is 5.82 Å². The molecule has 1 atom stereocenters. The van der Waals surface area contributed by atoms with Crippen molar-refractivity contribution < 1.29 is 9.18 Å². The first-order valence-corrected chi connectivity index (χ1v) is 10.9. The summed E-state index contributed by atoms with van der Waals surface area (Å²) < 4.78 is 14.1. The van der Waals surface area contributed by atoms with E-state index in [1.165, 1.54) is 24.0 Å². The quantitative estimate of drug-likeness (QED) is 0.811. The molecule has 2 aliphatic rings. The Kier molecular flexibility index (Phi) is 5.73. The second kappa shape index (κ2) is 8.27. The fourth-order valence-corrected chi connectivity index (χ4v) is 5.26. The van der Waals surface area contributed by atoms with Crippen LogP contribution in [0.4, 0.5) is 4.39 Å². The largest absolute Gasteiger partial charge is 0.339 e. The molecule has 29 heavy (non-hydrogen) atoms. The van der Waals surface area contributed by atoms with Gasteiger partial charge in [-0.3, -0.25) is 4.79 Å². The highest BCUT2D eigenvalue weighted by atomic mass is 19.1. The molecule has 0 aromatic heterocycles. The zero-order valence-corrected chi connectivity index (χ0v) is 17.5. The SMILES string of the molecule is CCN(CC)C(=O)c1ccc(C2CC3(CCNCC3)Cc3ccc(F)cc32)cc1. The minimum absolute atomic E-state index is 0.0754. The maximum Gasteiger partial charge on any atom is 0.253 e. The van der Waals surface area contributed by atoms with E-state index in [1.807, 2.05) is 36.9 Å². The van der Waals surface area contributed by atoms with E-state index in [2.05, 4.69) is 17.4 Å². The number of nitrogens with zero attached hydrogens (tertiary/aromatic N) is 1. The molecule has 1 spiro atoms. The van der Waals surface area contributed by atoms with Gasteiger partial charge in [0.05, 0.1) is 0 Å². The minimum atomic E-state index is -0.164. The molecule has 3 nitrogen and oxygen atoms in total. The Morgan fingerprint density at radius 2 is 1.79 bits per heavy atom. The third kappa shape index (κ3) is 3.95. The number of carbonyl (C=O) groups is 1. The summed E-state index contributed by atoms with van der Waals surface area (Å²) in [4.78, 5) is 14.5. The Hall–Kier alpha value is -2.20. The van der Waals surface area contributed by atoms with E-state index in [-0.39, 0.29) is 23.1 Å². The number of fused-ring (bicyclic) bond motifs is 1. The Labute approximate surface area is 173 Å². The van der Waals surface area contributed by atoms with Gasteiger partial charge in [-0.15, -0.1) is 0 Å². The first-order valence-electron chi connectivity index (χ1n) is 10.9. The van der Waals surface area contributed by atoms with Crippen molar-refractivity contribution in [2.24, 2.45) is 5.41 Å². The van der Waals surface area contributed by atoms with Crippen molar-refractivity contribution in [3.8, 4) is 0 Å². The molecule has 0 bridgehead atoms. The highest BCUT2D eigenvalue weighted by Crippen LogP contribution is 2.49. The second-order valence-electron chi connectivity index (χ2n) is 8.63. The molecule has 0 saturated carbocycles. The van der Waals surface area contributed by atoms with Crippen LogP contribution >= 0.6 is 0 Å². The summed E-state index contributed by atoms with van der Waals surface area (Å²) in [7, 11) is 0. The molecular weight excluding hydrogens is 363 g/mol. The standard InChI is InChI=1S/C25H31FN2O/c1-3-28(4-2)24(29)19-7-5-18(6-8-19)23-17-25(11-13-27-14-12-25)16-20-9-10-21(26)15-22(20)23/h5-10,15,23,27H,3-4,11-14,16-17H2,1-2H3. The van der Waals surface area contributed by atoms with Gasteiger partial charge in [-0.25, -0.2) is 4.39 Å². The van der Waals surface area contributed by atoms with Crippen LogP contribution in [0.15, 0.2) is 42.5 Å². The molecule has 1 aliphatic heterocycles. The number of hydrogen-bond donors (Lipinski definition) is 1. The van der Waals surface area contributed by atoms with Crippen molar-refractivity contribution in [3.63, 3.8) is 0 Å². The topological polar surface area (TPSA) is 32.3 Å². The van der Waals surface area contributed by atoms with Gasteiger partial charge in [-0.05, 0) is 99.0 Å². The molecule has 0 radical (unpaired) electrons. The zero-order valence-electron chi connectivity index (χ0n) is 17.5. The average molecular weight is 395 g/mol. The van der Waals surface area contributed by atoms with Crippen molar-refractivity contribution in [2.75, 3.05) is 26.2 Å². The average Bonchev–Trinajstić information content (AvgIpc) is 2.75. The Bertz CT molecular complexity index is 867. The summed E-state index contributed by atoms with van der Waals surface area (Å²) >= 11 is 0. The molecule has 1 heterocycles. The fraction of sp³-hybridized carbons (Fsp3) is 0.480. The highest BCUT2D eigenvalue weighted by molar-refractivity contribution is 5.94. The van der Waals surface area contributed by atoms with Crippen molar-refractivity contribution in [2.45, 2.75) is 45.4 Å². The van der Waals surface area contributed by atoms with Gasteiger partial charge in [0.2, 0.25) is 0 Å². The van der Waals surface area contributed by atoms with E-state index < -0.39 is 0 Å². The van der Waals surface area contributed by atoms with Crippen molar-refractivity contribution in [1.29, 1.82) is 0 Å². The van der Waals surface area contributed by atoms with E-state index in [0.29, 0.717) is 13.1 Å². The lowest BCUT2D eigenvalue weighted by Crippen LogP contribution is -2.41. The van der Waals surface area contributed by atoms with E-state index >= 15 is 0 Å². The van der Waals surface area contributed by atoms with Crippen LogP contribution in [0.3, 0.4) is 0 Å². The molecule has 2 aromatic carbocycles. The van der Waals surface area contributed by atoms with E-state index in [0.717, 1.165) is 37.1 Å². The number of carbonyl (C=O) groups excluding carboxylic acids is 1. The van der Waals surface area contributed by atoms with Crippen LogP contribution < -0.4 is 5.32 Å². The lowest BCUT2D eigenvalue weighted by Gasteiger charge is -2.45. The molecule has 1 unspecified atom stereocenters. The molecule has 1 fully saturated rings. The number of halogens is 1. The second-order valence-corrected chi connectivity index (χ2v) is 8.63. The number of piperidine rings is 1. The third-order valence-corrected chi connectivity index (χ3v) is 6.96. The summed E-state index contributed by atoms with van der Waals surface area (Å²) in [5.41, 5.74) is 4.61. The normalized spacial score (nSPS) is 20.3. The molecule has 4 rings (SSSR count). The van der Waals surface area contributed by atoms with Gasteiger partial charge in [0, 0.05) is 24.6 Å². The Morgan fingerprint density at radius 1 is 1.10 bits per heavy atom. The van der Waals surface area contributed by atoms with Crippen molar-refractivity contribution in [3.05, 3.63) is 70.5 Å². The molecule has 154 valence electrons. The zero-order chi connectivity index (χ0) is 20.4. The Morgan fingerprint density at radius 3 is 2.45 bits per heavy atom. The Balaban J connectivity index is 1.67. The predicted octanol–water partition coefficient (Wildman–Crippen LogP) is 4.76. The summed E-state index contributed by atoms with van der Waals surface area (Å²) in [6.07, 6.45) is 4.42. The van der Waals surface area contributed by atoms with Crippen molar-refractivity contribution in [1.82, 2.24) is 10.2 Å². The van der Waals surface area contributed by atoms with Crippen LogP contribution in [0.25, 0.3) is 0 Å². The first-order chi connectivity index (χ1) is 14.0. The number of nitrogens with one attached hydrogen (secondary N) is 1. The first kappa shape index (κ1) is 20.1. The number of hydrogen-bond acceptors (Lipinski definition) is 2. The number of rotatable bonds is 4. The molecule has 2 aromatic rings. The van der Waals surface area contributed by atoms with Crippen LogP contribution in [0.5, 0.6) is 0 Å². The highest BCUT2D eigenvalue weighted by Gasteiger charge is 2.40. The van der Waals surface area contributed by atoms with E-state index in [1.54, 1.807) is 12.1 Å². The summed E-state index contributed by atoms with van der Waals surface area (Å²) in [5.74, 6) is 0.0972. The van der Waals surface area contributed by atoms with E-state index in [4.69, 9.17) is 0 Å². The predicted molar refractivity (Wildman–Crippen MR) is 115 cm³/mol. The van der Waals surface area contributed by atoms with Crippen molar-refractivity contribution >= 4 is 5.91 Å². The van der Waals surface area contributed by atoms with E-state index in [9.17, 15) is 9.18 Å². The van der Waals surface area contributed by atoms with Gasteiger partial charge >= 0.3 is 0 Å². The van der Waals surface area contributed by atoms with Gasteiger partial charge in [0.25, 0.3) is 5.91 Å².